The second-order valence-electron chi connectivity index (χ2n) is 8.44. The van der Waals surface area contributed by atoms with Crippen molar-refractivity contribution in [2.45, 2.75) is 52.0 Å². The highest BCUT2D eigenvalue weighted by Crippen LogP contribution is 2.59. The molecule has 3 nitrogen and oxygen atoms in total. The van der Waals surface area contributed by atoms with E-state index < -0.39 is 0 Å². The van der Waals surface area contributed by atoms with Crippen molar-refractivity contribution >= 4 is 6.03 Å². The highest BCUT2D eigenvalue weighted by atomic mass is 16.2. The van der Waals surface area contributed by atoms with Crippen LogP contribution in [0.5, 0.6) is 0 Å². The normalized spacial score (nSPS) is 34.4. The number of amides is 2. The largest absolute Gasteiger partial charge is 0.338 e. The molecule has 23 heavy (non-hydrogen) atoms. The van der Waals surface area contributed by atoms with Crippen molar-refractivity contribution < 1.29 is 4.79 Å². The SMILES string of the molecule is Cc1ccc(CNC(=O)NCC23CC4CC(CC(C4)C2)C3)cc1. The Morgan fingerprint density at radius 3 is 2.13 bits per heavy atom. The second-order valence-corrected chi connectivity index (χ2v) is 8.44. The number of benzene rings is 1. The minimum Gasteiger partial charge on any atom is -0.338 e. The number of aryl methyl sites for hydroxylation is 1. The van der Waals surface area contributed by atoms with Gasteiger partial charge in [-0.15, -0.1) is 0 Å². The Morgan fingerprint density at radius 2 is 1.57 bits per heavy atom. The molecule has 0 radical (unpaired) electrons. The monoisotopic (exact) mass is 312 g/mol. The maximum absolute atomic E-state index is 12.2. The molecule has 0 aliphatic heterocycles. The molecule has 3 heteroatoms. The van der Waals surface area contributed by atoms with Gasteiger partial charge >= 0.3 is 6.03 Å². The van der Waals surface area contributed by atoms with Gasteiger partial charge in [-0.25, -0.2) is 4.79 Å². The Bertz CT molecular complexity index is 543. The van der Waals surface area contributed by atoms with Gasteiger partial charge in [0.15, 0.2) is 0 Å². The first-order valence-electron chi connectivity index (χ1n) is 9.17. The summed E-state index contributed by atoms with van der Waals surface area (Å²) >= 11 is 0. The zero-order valence-electron chi connectivity index (χ0n) is 14.1. The van der Waals surface area contributed by atoms with E-state index in [1.54, 1.807) is 0 Å². The van der Waals surface area contributed by atoms with Crippen LogP contribution in [0, 0.1) is 30.1 Å². The Labute approximate surface area is 139 Å². The van der Waals surface area contributed by atoms with Gasteiger partial charge in [0.25, 0.3) is 0 Å². The Morgan fingerprint density at radius 1 is 1.00 bits per heavy atom. The molecule has 2 N–H and O–H groups in total. The summed E-state index contributed by atoms with van der Waals surface area (Å²) < 4.78 is 0. The quantitative estimate of drug-likeness (QED) is 0.866. The molecule has 4 bridgehead atoms. The van der Waals surface area contributed by atoms with Crippen molar-refractivity contribution in [2.75, 3.05) is 6.54 Å². The van der Waals surface area contributed by atoms with Gasteiger partial charge in [0.1, 0.15) is 0 Å². The van der Waals surface area contributed by atoms with E-state index in [4.69, 9.17) is 0 Å². The Kier molecular flexibility index (Phi) is 3.82. The van der Waals surface area contributed by atoms with Crippen LogP contribution in [-0.4, -0.2) is 12.6 Å². The number of carbonyl (C=O) groups is 1. The topological polar surface area (TPSA) is 41.1 Å². The second kappa shape index (κ2) is 5.85. The molecule has 0 heterocycles. The lowest BCUT2D eigenvalue weighted by molar-refractivity contribution is -0.0498. The predicted octanol–water partition coefficient (Wildman–Crippen LogP) is 4.01. The van der Waals surface area contributed by atoms with Gasteiger partial charge in [0, 0.05) is 13.1 Å². The van der Waals surface area contributed by atoms with Crippen LogP contribution in [0.4, 0.5) is 4.79 Å². The third-order valence-electron chi connectivity index (χ3n) is 6.36. The molecule has 0 unspecified atom stereocenters. The van der Waals surface area contributed by atoms with Gasteiger partial charge in [-0.1, -0.05) is 29.8 Å². The van der Waals surface area contributed by atoms with E-state index in [1.165, 1.54) is 44.1 Å². The van der Waals surface area contributed by atoms with Gasteiger partial charge in [0.05, 0.1) is 0 Å². The van der Waals surface area contributed by atoms with Crippen LogP contribution in [0.15, 0.2) is 24.3 Å². The van der Waals surface area contributed by atoms with Crippen molar-refractivity contribution in [3.05, 3.63) is 35.4 Å². The first kappa shape index (κ1) is 15.0. The van der Waals surface area contributed by atoms with Crippen LogP contribution < -0.4 is 10.6 Å². The first-order chi connectivity index (χ1) is 11.1. The summed E-state index contributed by atoms with van der Waals surface area (Å²) in [4.78, 5) is 12.2. The minimum atomic E-state index is -0.0127. The standard InChI is InChI=1S/C20H28N2O/c1-14-2-4-15(5-3-14)12-21-19(23)22-13-20-9-16-6-17(10-20)8-18(7-16)11-20/h2-5,16-18H,6-13H2,1H3,(H2,21,22,23). The van der Waals surface area contributed by atoms with Crippen LogP contribution in [0.1, 0.15) is 49.7 Å². The molecule has 0 saturated heterocycles. The molecule has 0 atom stereocenters. The zero-order chi connectivity index (χ0) is 15.9. The zero-order valence-corrected chi connectivity index (χ0v) is 14.1. The minimum absolute atomic E-state index is 0.0127. The third kappa shape index (κ3) is 3.24. The van der Waals surface area contributed by atoms with Crippen LogP contribution in [-0.2, 0) is 6.54 Å². The van der Waals surface area contributed by atoms with Crippen molar-refractivity contribution in [1.82, 2.24) is 10.6 Å². The van der Waals surface area contributed by atoms with E-state index in [1.807, 2.05) is 0 Å². The van der Waals surface area contributed by atoms with Gasteiger partial charge in [-0.3, -0.25) is 0 Å². The fourth-order valence-electron chi connectivity index (χ4n) is 5.73. The van der Waals surface area contributed by atoms with Crippen molar-refractivity contribution in [1.29, 1.82) is 0 Å². The average molecular weight is 312 g/mol. The molecule has 1 aromatic carbocycles. The lowest BCUT2D eigenvalue weighted by Gasteiger charge is -2.56. The van der Waals surface area contributed by atoms with Crippen LogP contribution >= 0.6 is 0 Å². The fourth-order valence-corrected chi connectivity index (χ4v) is 5.73. The fraction of sp³-hybridized carbons (Fsp3) is 0.650. The summed E-state index contributed by atoms with van der Waals surface area (Å²) in [6.45, 7) is 3.55. The number of urea groups is 1. The number of nitrogens with one attached hydrogen (secondary N) is 2. The van der Waals surface area contributed by atoms with Crippen molar-refractivity contribution in [3.63, 3.8) is 0 Å². The van der Waals surface area contributed by atoms with E-state index in [0.717, 1.165) is 29.9 Å². The molecule has 4 fully saturated rings. The van der Waals surface area contributed by atoms with Crippen LogP contribution in [0.25, 0.3) is 0 Å². The molecule has 5 rings (SSSR count). The first-order valence-corrected chi connectivity index (χ1v) is 9.17. The number of carbonyl (C=O) groups excluding carboxylic acids is 1. The molecule has 1 aromatic rings. The van der Waals surface area contributed by atoms with E-state index in [-0.39, 0.29) is 6.03 Å². The number of rotatable bonds is 4. The van der Waals surface area contributed by atoms with E-state index in [0.29, 0.717) is 12.0 Å². The van der Waals surface area contributed by atoms with Crippen molar-refractivity contribution in [2.24, 2.45) is 23.2 Å². The van der Waals surface area contributed by atoms with Crippen molar-refractivity contribution in [3.8, 4) is 0 Å². The summed E-state index contributed by atoms with van der Waals surface area (Å²) in [5, 5.41) is 6.17. The molecular weight excluding hydrogens is 284 g/mol. The molecule has 124 valence electrons. The third-order valence-corrected chi connectivity index (χ3v) is 6.36. The van der Waals surface area contributed by atoms with Crippen LogP contribution in [0.3, 0.4) is 0 Å². The smallest absolute Gasteiger partial charge is 0.315 e. The summed E-state index contributed by atoms with van der Waals surface area (Å²) in [5.41, 5.74) is 2.82. The highest BCUT2D eigenvalue weighted by molar-refractivity contribution is 5.73. The summed E-state index contributed by atoms with van der Waals surface area (Å²) in [5.74, 6) is 2.83. The maximum Gasteiger partial charge on any atom is 0.315 e. The van der Waals surface area contributed by atoms with E-state index in [9.17, 15) is 4.79 Å². The van der Waals surface area contributed by atoms with E-state index >= 15 is 0 Å². The highest BCUT2D eigenvalue weighted by Gasteiger charge is 2.50. The van der Waals surface area contributed by atoms with Gasteiger partial charge < -0.3 is 10.6 Å². The number of hydrogen-bond acceptors (Lipinski definition) is 1. The van der Waals surface area contributed by atoms with Gasteiger partial charge in [-0.05, 0) is 74.2 Å². The lowest BCUT2D eigenvalue weighted by Crippen LogP contribution is -2.52. The predicted molar refractivity (Wildman–Crippen MR) is 92.0 cm³/mol. The Hall–Kier alpha value is -1.51. The molecule has 0 aromatic heterocycles. The average Bonchev–Trinajstić information content (AvgIpc) is 2.51. The molecule has 2 amide bonds. The molecule has 4 aliphatic rings. The van der Waals surface area contributed by atoms with Gasteiger partial charge in [-0.2, -0.15) is 0 Å². The summed E-state index contributed by atoms with van der Waals surface area (Å²) in [6, 6.07) is 8.32. The maximum atomic E-state index is 12.2. The number of hydrogen-bond donors (Lipinski definition) is 2. The Balaban J connectivity index is 1.27. The molecule has 4 aliphatic carbocycles. The van der Waals surface area contributed by atoms with Gasteiger partial charge in [0.2, 0.25) is 0 Å². The summed E-state index contributed by atoms with van der Waals surface area (Å²) in [6.07, 6.45) is 8.41. The molecular formula is C20H28N2O. The lowest BCUT2D eigenvalue weighted by atomic mass is 9.49. The van der Waals surface area contributed by atoms with Crippen LogP contribution in [0.2, 0.25) is 0 Å². The summed E-state index contributed by atoms with van der Waals surface area (Å²) in [7, 11) is 0. The molecule has 0 spiro atoms. The van der Waals surface area contributed by atoms with E-state index in [2.05, 4.69) is 41.8 Å². The molecule has 4 saturated carbocycles.